The van der Waals surface area contributed by atoms with Gasteiger partial charge >= 0.3 is 11.9 Å². The highest BCUT2D eigenvalue weighted by molar-refractivity contribution is 5.66. The summed E-state index contributed by atoms with van der Waals surface area (Å²) in [6.07, 6.45) is 27.7. The lowest BCUT2D eigenvalue weighted by Crippen LogP contribution is -2.45. The average Bonchev–Trinajstić information content (AvgIpc) is 2.96. The van der Waals surface area contributed by atoms with Crippen molar-refractivity contribution in [3.8, 4) is 0 Å². The van der Waals surface area contributed by atoms with Crippen molar-refractivity contribution in [3.63, 3.8) is 0 Å². The van der Waals surface area contributed by atoms with Crippen molar-refractivity contribution in [3.05, 3.63) is 93.7 Å². The maximum absolute atomic E-state index is 12.1. The van der Waals surface area contributed by atoms with Crippen LogP contribution in [0.5, 0.6) is 0 Å². The van der Waals surface area contributed by atoms with E-state index in [-0.39, 0.29) is 53.7 Å². The molecule has 0 aromatic rings. The topological polar surface area (TPSA) is 52.6 Å². The summed E-state index contributed by atoms with van der Waals surface area (Å²) in [6, 6.07) is 0. The van der Waals surface area contributed by atoms with E-state index >= 15 is 0 Å². The maximum atomic E-state index is 12.1. The molecule has 0 saturated carbocycles. The molecule has 0 aromatic heterocycles. The molecule has 0 unspecified atom stereocenters. The molecule has 3 aliphatic carbocycles. The third kappa shape index (κ3) is 10.2. The fraction of sp³-hybridized carbons (Fsp3) is 0.591. The summed E-state index contributed by atoms with van der Waals surface area (Å²) >= 11 is 0. The lowest BCUT2D eigenvalue weighted by molar-refractivity contribution is -0.148. The van der Waals surface area contributed by atoms with Gasteiger partial charge in [-0.05, 0) is 95.1 Å². The molecule has 3 rings (SSSR count). The molecule has 48 heavy (non-hydrogen) atoms. The Kier molecular flexibility index (Phi) is 13.5. The highest BCUT2D eigenvalue weighted by Crippen LogP contribution is 2.50. The van der Waals surface area contributed by atoms with Crippen molar-refractivity contribution < 1.29 is 19.1 Å². The molecule has 0 radical (unpaired) electrons. The van der Waals surface area contributed by atoms with E-state index in [0.717, 1.165) is 12.0 Å². The number of hydrogen-bond acceptors (Lipinski definition) is 4. The molecule has 0 aromatic carbocycles. The van der Waals surface area contributed by atoms with Crippen LogP contribution in [0.25, 0.3) is 0 Å². The highest BCUT2D eigenvalue weighted by Gasteiger charge is 2.46. The summed E-state index contributed by atoms with van der Waals surface area (Å²) in [7, 11) is 0. The summed E-state index contributed by atoms with van der Waals surface area (Å²) in [5.74, 6) is -0.737. The van der Waals surface area contributed by atoms with Gasteiger partial charge in [0.15, 0.2) is 0 Å². The number of allylic oxidation sites excluding steroid dienone is 15. The second-order valence-corrected chi connectivity index (χ2v) is 16.3. The molecule has 0 saturated heterocycles. The van der Waals surface area contributed by atoms with Gasteiger partial charge < -0.3 is 9.47 Å². The Morgan fingerprint density at radius 2 is 1.27 bits per heavy atom. The zero-order valence-electron chi connectivity index (χ0n) is 32.2. The Morgan fingerprint density at radius 1 is 0.771 bits per heavy atom. The molecular formula is C44H64O4. The Morgan fingerprint density at radius 3 is 1.77 bits per heavy atom. The van der Waals surface area contributed by atoms with Crippen LogP contribution < -0.4 is 0 Å². The van der Waals surface area contributed by atoms with Crippen LogP contribution in [-0.4, -0.2) is 25.2 Å². The average molecular weight is 657 g/mol. The van der Waals surface area contributed by atoms with Crippen LogP contribution in [0.1, 0.15) is 122 Å². The first-order chi connectivity index (χ1) is 22.4. The summed E-state index contributed by atoms with van der Waals surface area (Å²) in [5.41, 5.74) is 9.37. The summed E-state index contributed by atoms with van der Waals surface area (Å²) < 4.78 is 11.3. The maximum Gasteiger partial charge on any atom is 0.302 e. The molecule has 0 N–H and O–H groups in total. The van der Waals surface area contributed by atoms with Crippen molar-refractivity contribution >= 4 is 11.9 Å². The van der Waals surface area contributed by atoms with Crippen molar-refractivity contribution in [2.24, 2.45) is 34.0 Å². The molecule has 264 valence electrons. The lowest BCUT2D eigenvalue weighted by Gasteiger charge is -2.47. The van der Waals surface area contributed by atoms with E-state index in [4.69, 9.17) is 9.47 Å². The second-order valence-electron chi connectivity index (χ2n) is 16.3. The van der Waals surface area contributed by atoms with E-state index < -0.39 is 5.41 Å². The molecule has 4 heteroatoms. The van der Waals surface area contributed by atoms with Gasteiger partial charge in [-0.1, -0.05) is 117 Å². The van der Waals surface area contributed by atoms with E-state index in [1.165, 1.54) is 79.4 Å². The minimum absolute atomic E-state index is 0.0436. The molecule has 3 aliphatic rings. The fourth-order valence-electron chi connectivity index (χ4n) is 8.26. The molecule has 0 aliphatic heterocycles. The Hall–Kier alpha value is -3.14. The normalized spacial score (nSPS) is 28.4. The first-order valence-electron chi connectivity index (χ1n) is 18.1. The predicted molar refractivity (Wildman–Crippen MR) is 201 cm³/mol. The van der Waals surface area contributed by atoms with Crippen LogP contribution in [0.2, 0.25) is 0 Å². The molecule has 0 bridgehead atoms. The van der Waals surface area contributed by atoms with Crippen LogP contribution in [0.3, 0.4) is 0 Å². The summed E-state index contributed by atoms with van der Waals surface area (Å²) in [6.45, 7) is 26.1. The van der Waals surface area contributed by atoms with Crippen LogP contribution >= 0.6 is 0 Å². The van der Waals surface area contributed by atoms with Gasteiger partial charge in [0.1, 0.15) is 0 Å². The van der Waals surface area contributed by atoms with Gasteiger partial charge in [-0.2, -0.15) is 0 Å². The molecule has 0 heterocycles. The zero-order valence-corrected chi connectivity index (χ0v) is 32.2. The number of carbonyl (C=O) groups is 2. The molecular weight excluding hydrogens is 592 g/mol. The van der Waals surface area contributed by atoms with Gasteiger partial charge in [-0.15, -0.1) is 0 Å². The molecule has 4 nitrogen and oxygen atoms in total. The van der Waals surface area contributed by atoms with Gasteiger partial charge in [-0.3, -0.25) is 9.59 Å². The minimum atomic E-state index is -0.418. The van der Waals surface area contributed by atoms with E-state index in [0.29, 0.717) is 0 Å². The molecule has 0 fully saturated rings. The van der Waals surface area contributed by atoms with Gasteiger partial charge in [0, 0.05) is 37.0 Å². The van der Waals surface area contributed by atoms with Crippen molar-refractivity contribution in [2.45, 2.75) is 122 Å². The minimum Gasteiger partial charge on any atom is -0.466 e. The highest BCUT2D eigenvalue weighted by atomic mass is 16.5. The Balaban J connectivity index is 2.05. The van der Waals surface area contributed by atoms with Crippen molar-refractivity contribution in [2.75, 3.05) is 13.2 Å². The van der Waals surface area contributed by atoms with Crippen LogP contribution in [-0.2, 0) is 19.1 Å². The number of hydrogen-bond donors (Lipinski definition) is 0. The monoisotopic (exact) mass is 656 g/mol. The van der Waals surface area contributed by atoms with Crippen LogP contribution in [0, 0.1) is 34.0 Å². The van der Waals surface area contributed by atoms with Crippen molar-refractivity contribution in [1.29, 1.82) is 0 Å². The van der Waals surface area contributed by atoms with E-state index in [1.54, 1.807) is 0 Å². The first-order valence-corrected chi connectivity index (χ1v) is 18.1. The predicted octanol–water partition coefficient (Wildman–Crippen LogP) is 11.5. The lowest BCUT2D eigenvalue weighted by atomic mass is 9.58. The SMILES string of the molecule is CC(=O)OC[C@H]1C(C)=C[C@@H](/C=C(C)/C=C/C2=C(C)CCCC2(C)C)[C@](C)(/C=C/C=C(C)/C=C/C2=C(C)CCCC2(C)C)[C@H]1COC(C)=O. The smallest absolute Gasteiger partial charge is 0.302 e. The van der Waals surface area contributed by atoms with E-state index in [1.807, 2.05) is 0 Å². The number of esters is 2. The van der Waals surface area contributed by atoms with Gasteiger partial charge in [0.25, 0.3) is 0 Å². The largest absolute Gasteiger partial charge is 0.466 e. The second kappa shape index (κ2) is 16.5. The van der Waals surface area contributed by atoms with E-state index in [2.05, 4.69) is 124 Å². The standard InChI is InChI=1S/C44H64O4/c1-30(19-21-39-32(3)17-14-23-42(39,8)9)16-13-25-44(12)37(26-31(2)20-22-40-33(4)18-15-24-43(40,10)11)27-34(5)38(28-47-35(6)45)41(44)29-48-36(7)46/h13,16,19-22,25-27,37-38,41H,14-15,17-18,23-24,28-29H2,1-12H3/b21-19+,22-20+,25-13+,30-16+,31-26+/t37-,38+,41+,44+/m1/s1. The molecule has 4 atom stereocenters. The zero-order chi connectivity index (χ0) is 35.9. The Bertz CT molecular complexity index is 1450. The van der Waals surface area contributed by atoms with Gasteiger partial charge in [0.2, 0.25) is 0 Å². The summed E-state index contributed by atoms with van der Waals surface area (Å²) in [5, 5.41) is 0. The van der Waals surface area contributed by atoms with Crippen molar-refractivity contribution in [1.82, 2.24) is 0 Å². The van der Waals surface area contributed by atoms with Crippen LogP contribution in [0.15, 0.2) is 93.7 Å². The Labute approximate surface area is 292 Å². The summed E-state index contributed by atoms with van der Waals surface area (Å²) in [4.78, 5) is 24.0. The fourth-order valence-corrected chi connectivity index (χ4v) is 8.26. The first kappa shape index (κ1) is 39.3. The van der Waals surface area contributed by atoms with Gasteiger partial charge in [-0.25, -0.2) is 0 Å². The molecule has 0 amide bonds. The number of ether oxygens (including phenoxy) is 2. The quantitative estimate of drug-likeness (QED) is 0.126. The van der Waals surface area contributed by atoms with Crippen LogP contribution in [0.4, 0.5) is 0 Å². The van der Waals surface area contributed by atoms with Gasteiger partial charge in [0.05, 0.1) is 13.2 Å². The number of carbonyl (C=O) groups excluding carboxylic acids is 2. The number of rotatable bonds is 11. The molecule has 0 spiro atoms. The third-order valence-electron chi connectivity index (χ3n) is 11.3. The van der Waals surface area contributed by atoms with E-state index in [9.17, 15) is 9.59 Å². The third-order valence-corrected chi connectivity index (χ3v) is 11.3.